The first-order valence-electron chi connectivity index (χ1n) is 13.6. The molecule has 1 saturated carbocycles. The highest BCUT2D eigenvalue weighted by Crippen LogP contribution is 2.37. The predicted octanol–water partition coefficient (Wildman–Crippen LogP) is 6.40. The number of carbonyl (C=O) groups is 1. The van der Waals surface area contributed by atoms with E-state index in [0.29, 0.717) is 28.2 Å². The van der Waals surface area contributed by atoms with Crippen LogP contribution in [0.2, 0.25) is 5.02 Å². The second kappa shape index (κ2) is 10.5. The topological polar surface area (TPSA) is 107 Å². The summed E-state index contributed by atoms with van der Waals surface area (Å²) < 4.78 is 2.28. The standard InChI is InChI=1S/C29H32ClN7O2/c1-16(2)19-8-9-32-24(11-19)28-34-22-12-23(27-35-29(38)39-36-27)33-25(20-10-21(30)14-31-13-20)26(22)37(28)15-18-6-4-17(3)5-7-18/h8-14,16-18,27,36H,4-7,15H2,1-3H3,(H,35,38). The monoisotopic (exact) mass is 545 g/mol. The lowest BCUT2D eigenvalue weighted by Crippen LogP contribution is -2.23. The molecule has 0 radical (unpaired) electrons. The molecule has 4 aromatic rings. The molecule has 1 saturated heterocycles. The molecule has 202 valence electrons. The molecule has 0 aromatic carbocycles. The highest BCUT2D eigenvalue weighted by molar-refractivity contribution is 6.30. The third kappa shape index (κ3) is 5.21. The van der Waals surface area contributed by atoms with Gasteiger partial charge in [-0.05, 0) is 60.4 Å². The van der Waals surface area contributed by atoms with Crippen molar-refractivity contribution in [3.63, 3.8) is 0 Å². The minimum absolute atomic E-state index is 0.364. The summed E-state index contributed by atoms with van der Waals surface area (Å²) in [5.41, 5.74) is 8.45. The van der Waals surface area contributed by atoms with Crippen molar-refractivity contribution in [3.8, 4) is 22.8 Å². The van der Waals surface area contributed by atoms with Crippen molar-refractivity contribution < 1.29 is 9.63 Å². The number of rotatable bonds is 6. The zero-order valence-electron chi connectivity index (χ0n) is 22.3. The number of halogens is 1. The highest BCUT2D eigenvalue weighted by atomic mass is 35.5. The number of fused-ring (bicyclic) bond motifs is 1. The zero-order valence-corrected chi connectivity index (χ0v) is 23.1. The van der Waals surface area contributed by atoms with Crippen molar-refractivity contribution in [2.75, 3.05) is 0 Å². The molecule has 0 spiro atoms. The summed E-state index contributed by atoms with van der Waals surface area (Å²) in [6, 6.07) is 7.95. The van der Waals surface area contributed by atoms with Crippen LogP contribution >= 0.6 is 11.6 Å². The van der Waals surface area contributed by atoms with Crippen LogP contribution < -0.4 is 10.8 Å². The van der Waals surface area contributed by atoms with E-state index in [1.54, 1.807) is 12.4 Å². The van der Waals surface area contributed by atoms with Gasteiger partial charge in [0.2, 0.25) is 0 Å². The summed E-state index contributed by atoms with van der Waals surface area (Å²) in [5, 5.41) is 3.26. The fraction of sp³-hybridized carbons (Fsp3) is 0.414. The molecule has 2 aliphatic rings. The number of hydroxylamine groups is 1. The molecule has 1 amide bonds. The lowest BCUT2D eigenvalue weighted by Gasteiger charge is -2.27. The Balaban J connectivity index is 1.58. The molecular formula is C29H32ClN7O2. The smallest absolute Gasteiger partial charge is 0.351 e. The predicted molar refractivity (Wildman–Crippen MR) is 150 cm³/mol. The first-order chi connectivity index (χ1) is 18.9. The number of pyridine rings is 3. The molecule has 39 heavy (non-hydrogen) atoms. The van der Waals surface area contributed by atoms with Gasteiger partial charge in [0, 0.05) is 30.7 Å². The average molecular weight is 546 g/mol. The van der Waals surface area contributed by atoms with Crippen molar-refractivity contribution in [1.82, 2.24) is 35.3 Å². The van der Waals surface area contributed by atoms with Gasteiger partial charge in [-0.2, -0.15) is 0 Å². The lowest BCUT2D eigenvalue weighted by molar-refractivity contribution is 0.121. The average Bonchev–Trinajstić information content (AvgIpc) is 3.53. The van der Waals surface area contributed by atoms with E-state index >= 15 is 0 Å². The fourth-order valence-corrected chi connectivity index (χ4v) is 5.74. The van der Waals surface area contributed by atoms with Crippen LogP contribution in [-0.2, 0) is 11.4 Å². The van der Waals surface area contributed by atoms with Crippen molar-refractivity contribution in [2.45, 2.75) is 65.1 Å². The van der Waals surface area contributed by atoms with Crippen LogP contribution in [0.1, 0.15) is 69.8 Å². The van der Waals surface area contributed by atoms with Gasteiger partial charge in [0.25, 0.3) is 0 Å². The van der Waals surface area contributed by atoms with Gasteiger partial charge in [-0.3, -0.25) is 15.3 Å². The highest BCUT2D eigenvalue weighted by Gasteiger charge is 2.29. The summed E-state index contributed by atoms with van der Waals surface area (Å²) in [5.74, 6) is 2.46. The molecule has 2 fully saturated rings. The Morgan fingerprint density at radius 2 is 1.95 bits per heavy atom. The summed E-state index contributed by atoms with van der Waals surface area (Å²) >= 11 is 6.38. The van der Waals surface area contributed by atoms with Crippen LogP contribution in [0.5, 0.6) is 0 Å². The van der Waals surface area contributed by atoms with Gasteiger partial charge in [-0.25, -0.2) is 14.8 Å². The molecule has 2 N–H and O–H groups in total. The Labute approximate surface area is 232 Å². The summed E-state index contributed by atoms with van der Waals surface area (Å²) in [6.07, 6.45) is 8.87. The third-order valence-corrected chi connectivity index (χ3v) is 8.01. The van der Waals surface area contributed by atoms with Gasteiger partial charge in [-0.1, -0.05) is 45.2 Å². The van der Waals surface area contributed by atoms with Crippen molar-refractivity contribution in [3.05, 3.63) is 59.1 Å². The first kappa shape index (κ1) is 25.7. The number of hydrogen-bond donors (Lipinski definition) is 2. The Morgan fingerprint density at radius 1 is 1.13 bits per heavy atom. The van der Waals surface area contributed by atoms with Crippen molar-refractivity contribution >= 4 is 28.7 Å². The molecule has 1 atom stereocenters. The van der Waals surface area contributed by atoms with Gasteiger partial charge < -0.3 is 9.40 Å². The van der Waals surface area contributed by atoms with E-state index in [1.807, 2.05) is 18.3 Å². The molecule has 9 nitrogen and oxygen atoms in total. The number of imidazole rings is 1. The van der Waals surface area contributed by atoms with Crippen molar-refractivity contribution in [1.29, 1.82) is 0 Å². The molecule has 6 rings (SSSR count). The van der Waals surface area contributed by atoms with Crippen LogP contribution in [0.15, 0.2) is 42.9 Å². The van der Waals surface area contributed by atoms with Crippen molar-refractivity contribution in [2.24, 2.45) is 11.8 Å². The van der Waals surface area contributed by atoms with Gasteiger partial charge >= 0.3 is 6.09 Å². The minimum atomic E-state index is -0.608. The molecule has 1 aliphatic carbocycles. The molecule has 5 heterocycles. The normalized spacial score (nSPS) is 21.4. The number of amides is 1. The number of nitrogens with zero attached hydrogens (tertiary/aromatic N) is 5. The number of carbonyl (C=O) groups excluding carboxylic acids is 1. The van der Waals surface area contributed by atoms with E-state index in [9.17, 15) is 4.79 Å². The Hall–Kier alpha value is -3.56. The van der Waals surface area contributed by atoms with E-state index in [4.69, 9.17) is 31.4 Å². The molecule has 4 aromatic heterocycles. The van der Waals surface area contributed by atoms with Gasteiger partial charge in [0.15, 0.2) is 12.0 Å². The summed E-state index contributed by atoms with van der Waals surface area (Å²) in [7, 11) is 0. The van der Waals surface area contributed by atoms with E-state index in [0.717, 1.165) is 40.6 Å². The van der Waals surface area contributed by atoms with Crippen LogP contribution in [0.3, 0.4) is 0 Å². The zero-order chi connectivity index (χ0) is 27.1. The van der Waals surface area contributed by atoms with E-state index in [2.05, 4.69) is 53.3 Å². The van der Waals surface area contributed by atoms with Crippen LogP contribution in [0.25, 0.3) is 33.8 Å². The van der Waals surface area contributed by atoms with Gasteiger partial charge in [0.1, 0.15) is 5.69 Å². The quantitative estimate of drug-likeness (QED) is 0.288. The molecule has 0 bridgehead atoms. The van der Waals surface area contributed by atoms with Crippen LogP contribution in [0, 0.1) is 11.8 Å². The Morgan fingerprint density at radius 3 is 2.67 bits per heavy atom. The maximum atomic E-state index is 11.8. The van der Waals surface area contributed by atoms with Gasteiger partial charge in [-0.15, -0.1) is 5.48 Å². The fourth-order valence-electron chi connectivity index (χ4n) is 5.56. The largest absolute Gasteiger partial charge is 0.427 e. The first-order valence-corrected chi connectivity index (χ1v) is 13.9. The van der Waals surface area contributed by atoms with E-state index < -0.39 is 12.3 Å². The molecule has 1 aliphatic heterocycles. The van der Waals surface area contributed by atoms with E-state index in [-0.39, 0.29) is 0 Å². The second-order valence-corrected chi connectivity index (χ2v) is 11.5. The summed E-state index contributed by atoms with van der Waals surface area (Å²) in [4.78, 5) is 36.0. The molecule has 10 heteroatoms. The van der Waals surface area contributed by atoms with Crippen LogP contribution in [0.4, 0.5) is 4.79 Å². The van der Waals surface area contributed by atoms with Gasteiger partial charge in [0.05, 0.1) is 27.4 Å². The minimum Gasteiger partial charge on any atom is -0.351 e. The Bertz CT molecular complexity index is 1530. The lowest BCUT2D eigenvalue weighted by atomic mass is 9.83. The van der Waals surface area contributed by atoms with E-state index in [1.165, 1.54) is 31.2 Å². The Kier molecular flexibility index (Phi) is 6.95. The number of aromatic nitrogens is 5. The molecule has 1 unspecified atom stereocenters. The maximum Gasteiger partial charge on any atom is 0.427 e. The second-order valence-electron chi connectivity index (χ2n) is 11.0. The molecular weight excluding hydrogens is 514 g/mol. The number of hydrogen-bond acceptors (Lipinski definition) is 7. The summed E-state index contributed by atoms with van der Waals surface area (Å²) in [6.45, 7) is 7.51. The van der Waals surface area contributed by atoms with Crippen LogP contribution in [-0.4, -0.2) is 30.6 Å². The SMILES string of the molecule is CC1CCC(Cn2c(-c3cc(C(C)C)ccn3)nc3cc(C4NOC(=O)N4)nc(-c4cncc(Cl)c4)c32)CC1. The maximum absolute atomic E-state index is 11.8. The number of nitrogens with one attached hydrogen (secondary N) is 2. The third-order valence-electron chi connectivity index (χ3n) is 7.81.